The zero-order valence-corrected chi connectivity index (χ0v) is 18.8. The summed E-state index contributed by atoms with van der Waals surface area (Å²) in [6, 6.07) is 1.17. The quantitative estimate of drug-likeness (QED) is 0.561. The van der Waals surface area contributed by atoms with Gasteiger partial charge in [-0.15, -0.1) is 0 Å². The average molecular weight is 453 g/mol. The first-order chi connectivity index (χ1) is 6.12. The van der Waals surface area contributed by atoms with Gasteiger partial charge in [-0.05, 0) is 26.8 Å². The van der Waals surface area contributed by atoms with Crippen LogP contribution >= 0.6 is 0 Å². The zero-order valence-electron chi connectivity index (χ0n) is 11.5. The number of hydrogen-bond donors (Lipinski definition) is 1. The second kappa shape index (κ2) is 9.31. The summed E-state index contributed by atoms with van der Waals surface area (Å²) < 4.78 is 5.74. The zero-order chi connectivity index (χ0) is 11.4. The van der Waals surface area contributed by atoms with E-state index in [1.807, 2.05) is 20.3 Å². The Kier molecular flexibility index (Phi) is 13.1. The normalized spacial score (nSPS) is 13.7. The van der Waals surface area contributed by atoms with Crippen LogP contribution in [0.5, 0.6) is 0 Å². The molecule has 0 amide bonds. The van der Waals surface area contributed by atoms with Crippen LogP contribution in [0.1, 0.15) is 20.8 Å². The molecule has 0 saturated carbocycles. The second-order valence-corrected chi connectivity index (χ2v) is 11.3. The van der Waals surface area contributed by atoms with Crippen LogP contribution < -0.4 is 12.4 Å². The van der Waals surface area contributed by atoms with E-state index in [1.165, 1.54) is 6.04 Å². The fourth-order valence-electron chi connectivity index (χ4n) is 1.25. The molecule has 2 radical (unpaired) electrons. The van der Waals surface area contributed by atoms with Gasteiger partial charge >= 0.3 is 27.7 Å². The maximum Gasteiger partial charge on any atom is 1.00 e. The summed E-state index contributed by atoms with van der Waals surface area (Å²) in [4.78, 5) is 0. The molecule has 0 aliphatic carbocycles. The van der Waals surface area contributed by atoms with Gasteiger partial charge in [-0.25, -0.2) is 0 Å². The van der Waals surface area contributed by atoms with E-state index < -0.39 is 14.2 Å². The molecule has 2 nitrogen and oxygen atoms in total. The van der Waals surface area contributed by atoms with E-state index in [4.69, 9.17) is 4.74 Å². The Morgan fingerprint density at radius 3 is 2.06 bits per heavy atom. The Labute approximate surface area is 128 Å². The van der Waals surface area contributed by atoms with Crippen LogP contribution in [-0.2, 0) is 32.4 Å². The van der Waals surface area contributed by atoms with Gasteiger partial charge in [0.2, 0.25) is 0 Å². The molecule has 0 rings (SSSR count). The van der Waals surface area contributed by atoms with Crippen molar-refractivity contribution in [2.45, 2.75) is 58.2 Å². The van der Waals surface area contributed by atoms with Crippen molar-refractivity contribution in [3.8, 4) is 0 Å². The number of aliphatic hydroxyl groups excluding tert-OH is 1. The number of halogens is 1. The van der Waals surface area contributed by atoms with Crippen molar-refractivity contribution in [3.63, 3.8) is 0 Å². The maximum absolute atomic E-state index is 9.22. The molecule has 1 atom stereocenters. The van der Waals surface area contributed by atoms with E-state index in [1.54, 1.807) is 6.92 Å². The Morgan fingerprint density at radius 2 is 1.75 bits per heavy atom. The molecule has 5 heteroatoms. The van der Waals surface area contributed by atoms with Crippen molar-refractivity contribution in [3.05, 3.63) is 6.42 Å². The molecule has 0 fully saturated rings. The van der Waals surface area contributed by atoms with Gasteiger partial charge in [-0.2, -0.15) is 0 Å². The topological polar surface area (TPSA) is 29.5 Å². The molecule has 0 aromatic carbocycles. The van der Waals surface area contributed by atoms with Crippen LogP contribution in [0.2, 0.25) is 25.7 Å². The van der Waals surface area contributed by atoms with Crippen LogP contribution in [-0.4, -0.2) is 31.5 Å². The minimum Gasteiger partial charge on any atom is -1.00 e. The smallest absolute Gasteiger partial charge is 1.00 e. The predicted octanol–water partition coefficient (Wildman–Crippen LogP) is -0.294. The first kappa shape index (κ1) is 22.5. The van der Waals surface area contributed by atoms with Crippen molar-refractivity contribution < 1.29 is 49.9 Å². The third-order valence-corrected chi connectivity index (χ3v) is 3.67. The molecule has 0 aromatic rings. The van der Waals surface area contributed by atoms with Crippen LogP contribution in [0.15, 0.2) is 0 Å². The number of hydrogen-bond acceptors (Lipinski definition) is 2. The Hall–Kier alpha value is 1.36. The summed E-state index contributed by atoms with van der Waals surface area (Å²) in [6.07, 6.45) is 1.42. The van der Waals surface area contributed by atoms with Crippen molar-refractivity contribution in [2.75, 3.05) is 6.61 Å². The van der Waals surface area contributed by atoms with Crippen LogP contribution in [0.3, 0.4) is 0 Å². The average Bonchev–Trinajstić information content (AvgIpc) is 1.78. The summed E-state index contributed by atoms with van der Waals surface area (Å²) in [5, 5.41) is 9.22. The first-order valence-electron chi connectivity index (χ1n) is 5.30. The molecule has 0 heterocycles. The fourth-order valence-corrected chi connectivity index (χ4v) is 1.96. The van der Waals surface area contributed by atoms with E-state index in [2.05, 4.69) is 19.6 Å². The fraction of sp³-hybridized carbons (Fsp3) is 0.909. The van der Waals surface area contributed by atoms with Gasteiger partial charge < -0.3 is 22.3 Å². The molecule has 0 aliphatic rings. The Balaban J connectivity index is -0.000000845. The molecule has 0 unspecified atom stereocenters. The SMILES string of the molecule is C[C@H](O)[CH]C(C)(C)OCC[Si](C)(C)C.[Cl-].[Hg+]. The van der Waals surface area contributed by atoms with E-state index in [0.29, 0.717) is 0 Å². The largest absolute Gasteiger partial charge is 1.00 e. The van der Waals surface area contributed by atoms with E-state index in [-0.39, 0.29) is 45.7 Å². The van der Waals surface area contributed by atoms with Gasteiger partial charge in [-0.1, -0.05) is 19.6 Å². The van der Waals surface area contributed by atoms with Gasteiger partial charge in [0.1, 0.15) is 0 Å². The van der Waals surface area contributed by atoms with Crippen molar-refractivity contribution >= 4 is 8.07 Å². The van der Waals surface area contributed by atoms with Crippen molar-refractivity contribution in [1.82, 2.24) is 0 Å². The number of rotatable bonds is 6. The summed E-state index contributed by atoms with van der Waals surface area (Å²) in [6.45, 7) is 13.5. The monoisotopic (exact) mass is 454 g/mol. The van der Waals surface area contributed by atoms with Gasteiger partial charge in [0, 0.05) is 21.1 Å². The molecular weight excluding hydrogens is 428 g/mol. The third-order valence-electron chi connectivity index (χ3n) is 1.97. The van der Waals surface area contributed by atoms with E-state index in [9.17, 15) is 5.11 Å². The van der Waals surface area contributed by atoms with Gasteiger partial charge in [0.05, 0.1) is 11.7 Å². The summed E-state index contributed by atoms with van der Waals surface area (Å²) in [5.74, 6) is 0. The molecule has 0 bridgehead atoms. The molecule has 1 N–H and O–H groups in total. The van der Waals surface area contributed by atoms with Crippen LogP contribution in [0.4, 0.5) is 0 Å². The second-order valence-electron chi connectivity index (χ2n) is 5.67. The molecule has 0 aliphatic heterocycles. The molecule has 0 saturated heterocycles. The van der Waals surface area contributed by atoms with Gasteiger partial charge in [0.15, 0.2) is 0 Å². The molecule has 94 valence electrons. The standard InChI is InChI=1S/C11H25O2Si.ClH.Hg/c1-10(12)9-11(2,3)13-7-8-14(4,5)6;;/h9-10,12H,7-8H2,1-6H3;1H;/q;;+1/p-1/t10-;;/m0../s1. The number of aliphatic hydroxyl groups is 1. The van der Waals surface area contributed by atoms with E-state index in [0.717, 1.165) is 6.61 Å². The van der Waals surface area contributed by atoms with Crippen LogP contribution in [0, 0.1) is 6.42 Å². The summed E-state index contributed by atoms with van der Waals surface area (Å²) in [7, 11) is -0.998. The predicted molar refractivity (Wildman–Crippen MR) is 64.2 cm³/mol. The molecule has 0 spiro atoms. The third kappa shape index (κ3) is 15.4. The van der Waals surface area contributed by atoms with Gasteiger partial charge in [-0.3, -0.25) is 0 Å². The first-order valence-corrected chi connectivity index (χ1v) is 9.01. The van der Waals surface area contributed by atoms with Crippen molar-refractivity contribution in [1.29, 1.82) is 0 Å². The van der Waals surface area contributed by atoms with Gasteiger partial charge in [0.25, 0.3) is 0 Å². The maximum atomic E-state index is 9.22. The van der Waals surface area contributed by atoms with Crippen molar-refractivity contribution in [2.24, 2.45) is 0 Å². The Bertz CT molecular complexity index is 170. The summed E-state index contributed by atoms with van der Waals surface area (Å²) >= 11 is 0. The Morgan fingerprint density at radius 1 is 1.31 bits per heavy atom. The van der Waals surface area contributed by atoms with Crippen LogP contribution in [0.25, 0.3) is 0 Å². The van der Waals surface area contributed by atoms with E-state index >= 15 is 0 Å². The molecule has 0 aromatic heterocycles. The molecule has 16 heavy (non-hydrogen) atoms. The summed E-state index contributed by atoms with van der Waals surface area (Å²) in [5.41, 5.74) is -0.312. The molecular formula is C11H25ClHgO2Si. The minimum atomic E-state index is -0.998. The minimum absolute atomic E-state index is 0. The number of ether oxygens (including phenoxy) is 1.